The van der Waals surface area contributed by atoms with Gasteiger partial charge in [0.15, 0.2) is 0 Å². The van der Waals surface area contributed by atoms with Crippen molar-refractivity contribution in [2.24, 2.45) is 0 Å². The lowest BCUT2D eigenvalue weighted by Gasteiger charge is -2.06. The minimum Gasteiger partial charge on any atom is -0.385 e. The minimum atomic E-state index is 0.829. The molecule has 0 heterocycles. The summed E-state index contributed by atoms with van der Waals surface area (Å²) in [6.45, 7) is 6.70. The summed E-state index contributed by atoms with van der Waals surface area (Å²) in [5, 5.41) is 0. The Morgan fingerprint density at radius 3 is 0.783 bits per heavy atom. The van der Waals surface area contributed by atoms with Crippen LogP contribution in [0.5, 0.6) is 0 Å². The van der Waals surface area contributed by atoms with Gasteiger partial charge in [-0.05, 0) is 51.4 Å². The van der Waals surface area contributed by atoms with Crippen molar-refractivity contribution in [3.05, 3.63) is 0 Å². The second-order valence-electron chi connectivity index (χ2n) is 5.65. The van der Waals surface area contributed by atoms with Gasteiger partial charge >= 0.3 is 0 Å². The fourth-order valence-electron chi connectivity index (χ4n) is 2.02. The zero-order valence-corrected chi connectivity index (χ0v) is 15.4. The van der Waals surface area contributed by atoms with Gasteiger partial charge in [-0.3, -0.25) is 0 Å². The zero-order chi connectivity index (χ0) is 16.8. The summed E-state index contributed by atoms with van der Waals surface area (Å²) in [6, 6.07) is 0. The molecule has 0 aromatic rings. The third kappa shape index (κ3) is 21.8. The van der Waals surface area contributed by atoms with Crippen molar-refractivity contribution < 1.29 is 23.7 Å². The average molecular weight is 334 g/mol. The summed E-state index contributed by atoms with van der Waals surface area (Å²) >= 11 is 0. The molecule has 0 atom stereocenters. The second-order valence-corrected chi connectivity index (χ2v) is 5.65. The summed E-state index contributed by atoms with van der Waals surface area (Å²) in [5.41, 5.74) is 0. The molecule has 0 aliphatic heterocycles. The molecule has 0 saturated heterocycles. The zero-order valence-electron chi connectivity index (χ0n) is 15.4. The van der Waals surface area contributed by atoms with Crippen molar-refractivity contribution in [2.45, 2.75) is 51.4 Å². The van der Waals surface area contributed by atoms with Gasteiger partial charge in [-0.1, -0.05) is 0 Å². The number of methoxy groups -OCH3 is 2. The van der Waals surface area contributed by atoms with E-state index in [2.05, 4.69) is 0 Å². The molecule has 0 bridgehead atoms. The fourth-order valence-corrected chi connectivity index (χ4v) is 2.02. The Kier molecular flexibility index (Phi) is 21.6. The van der Waals surface area contributed by atoms with Crippen LogP contribution in [0.3, 0.4) is 0 Å². The Labute approximate surface area is 143 Å². The summed E-state index contributed by atoms with van der Waals surface area (Å²) in [4.78, 5) is 0. The van der Waals surface area contributed by atoms with Gasteiger partial charge < -0.3 is 23.7 Å². The lowest BCUT2D eigenvalue weighted by atomic mass is 10.3. The molecule has 23 heavy (non-hydrogen) atoms. The lowest BCUT2D eigenvalue weighted by molar-refractivity contribution is 0.0860. The maximum Gasteiger partial charge on any atom is 0.0466 e. The minimum absolute atomic E-state index is 0.829. The molecule has 0 radical (unpaired) electrons. The summed E-state index contributed by atoms with van der Waals surface area (Å²) in [7, 11) is 3.47. The molecule has 0 aliphatic carbocycles. The van der Waals surface area contributed by atoms with E-state index < -0.39 is 0 Å². The number of hydrogen-bond acceptors (Lipinski definition) is 5. The first-order valence-electron chi connectivity index (χ1n) is 9.13. The fraction of sp³-hybridized carbons (Fsp3) is 1.00. The predicted molar refractivity (Wildman–Crippen MR) is 93.1 cm³/mol. The third-order valence-corrected chi connectivity index (χ3v) is 3.43. The number of hydrogen-bond donors (Lipinski definition) is 0. The summed E-state index contributed by atoms with van der Waals surface area (Å²) in [6.07, 6.45) is 8.64. The van der Waals surface area contributed by atoms with Gasteiger partial charge in [0.2, 0.25) is 0 Å². The van der Waals surface area contributed by atoms with E-state index in [4.69, 9.17) is 23.7 Å². The van der Waals surface area contributed by atoms with Crippen molar-refractivity contribution in [2.75, 3.05) is 67.1 Å². The van der Waals surface area contributed by atoms with Crippen molar-refractivity contribution in [1.29, 1.82) is 0 Å². The van der Waals surface area contributed by atoms with Crippen molar-refractivity contribution in [3.8, 4) is 0 Å². The van der Waals surface area contributed by atoms with Crippen molar-refractivity contribution in [1.82, 2.24) is 0 Å². The van der Waals surface area contributed by atoms with Crippen LogP contribution in [-0.4, -0.2) is 67.1 Å². The van der Waals surface area contributed by atoms with E-state index in [-0.39, 0.29) is 0 Å². The van der Waals surface area contributed by atoms with Crippen LogP contribution in [0, 0.1) is 0 Å². The first-order valence-corrected chi connectivity index (χ1v) is 9.13. The molecule has 0 aromatic heterocycles. The normalized spacial score (nSPS) is 11.2. The van der Waals surface area contributed by atoms with Crippen LogP contribution in [0.25, 0.3) is 0 Å². The van der Waals surface area contributed by atoms with Gasteiger partial charge in [0.25, 0.3) is 0 Å². The third-order valence-electron chi connectivity index (χ3n) is 3.43. The van der Waals surface area contributed by atoms with Crippen LogP contribution in [0.4, 0.5) is 0 Å². The van der Waals surface area contributed by atoms with Crippen LogP contribution in [0.2, 0.25) is 0 Å². The Hall–Kier alpha value is -0.200. The molecule has 0 aromatic carbocycles. The molecular weight excluding hydrogens is 296 g/mol. The maximum absolute atomic E-state index is 5.61. The van der Waals surface area contributed by atoms with Crippen LogP contribution < -0.4 is 0 Å². The molecule has 0 spiro atoms. The first kappa shape index (κ1) is 22.8. The predicted octanol–water partition coefficient (Wildman–Crippen LogP) is 3.45. The Morgan fingerprint density at radius 1 is 0.348 bits per heavy atom. The van der Waals surface area contributed by atoms with E-state index in [0.717, 1.165) is 104 Å². The number of rotatable bonds is 20. The van der Waals surface area contributed by atoms with Gasteiger partial charge in [-0.2, -0.15) is 0 Å². The highest BCUT2D eigenvalue weighted by Gasteiger charge is 1.94. The van der Waals surface area contributed by atoms with Gasteiger partial charge in [0, 0.05) is 67.1 Å². The molecule has 140 valence electrons. The molecule has 0 amide bonds. The smallest absolute Gasteiger partial charge is 0.0466 e. The number of ether oxygens (including phenoxy) is 5. The number of unbranched alkanes of at least 4 members (excludes halogenated alkanes) is 4. The summed E-state index contributed by atoms with van der Waals surface area (Å²) < 4.78 is 26.7. The molecule has 0 unspecified atom stereocenters. The molecule has 0 saturated carbocycles. The second kappa shape index (κ2) is 21.8. The molecule has 5 nitrogen and oxygen atoms in total. The Bertz CT molecular complexity index is 182. The van der Waals surface area contributed by atoms with E-state index in [1.165, 1.54) is 0 Å². The van der Waals surface area contributed by atoms with Gasteiger partial charge in [-0.25, -0.2) is 0 Å². The van der Waals surface area contributed by atoms with E-state index >= 15 is 0 Å². The molecule has 5 heteroatoms. The van der Waals surface area contributed by atoms with Gasteiger partial charge in [0.1, 0.15) is 0 Å². The highest BCUT2D eigenvalue weighted by Crippen LogP contribution is 1.98. The van der Waals surface area contributed by atoms with Gasteiger partial charge in [0.05, 0.1) is 0 Å². The molecule has 0 N–H and O–H groups in total. The monoisotopic (exact) mass is 334 g/mol. The van der Waals surface area contributed by atoms with Crippen molar-refractivity contribution in [3.63, 3.8) is 0 Å². The van der Waals surface area contributed by atoms with E-state index in [9.17, 15) is 0 Å². The van der Waals surface area contributed by atoms with Crippen LogP contribution in [0.15, 0.2) is 0 Å². The first-order chi connectivity index (χ1) is 11.4. The molecule has 0 fully saturated rings. The van der Waals surface area contributed by atoms with Crippen LogP contribution in [0.1, 0.15) is 51.4 Å². The van der Waals surface area contributed by atoms with Gasteiger partial charge in [-0.15, -0.1) is 0 Å². The standard InChI is InChI=1S/C18H38O5/c1-19-11-3-5-13-21-15-7-9-17-23-18-10-8-16-22-14-6-4-12-20-2/h3-18H2,1-2H3. The Morgan fingerprint density at radius 2 is 0.565 bits per heavy atom. The Balaban J connectivity index is 2.92. The molecule has 0 rings (SSSR count). The largest absolute Gasteiger partial charge is 0.385 e. The molecular formula is C18H38O5. The topological polar surface area (TPSA) is 46.2 Å². The van der Waals surface area contributed by atoms with E-state index in [1.807, 2.05) is 0 Å². The van der Waals surface area contributed by atoms with E-state index in [1.54, 1.807) is 14.2 Å². The van der Waals surface area contributed by atoms with Crippen LogP contribution >= 0.6 is 0 Å². The van der Waals surface area contributed by atoms with Crippen LogP contribution in [-0.2, 0) is 23.7 Å². The van der Waals surface area contributed by atoms with Crippen molar-refractivity contribution >= 4 is 0 Å². The lowest BCUT2D eigenvalue weighted by Crippen LogP contribution is -2.03. The maximum atomic E-state index is 5.61. The molecule has 0 aliphatic rings. The highest BCUT2D eigenvalue weighted by molar-refractivity contribution is 4.43. The highest BCUT2D eigenvalue weighted by atomic mass is 16.5. The van der Waals surface area contributed by atoms with E-state index in [0.29, 0.717) is 0 Å². The quantitative estimate of drug-likeness (QED) is 0.319. The SMILES string of the molecule is COCCCCOCCCCOCCCCOCCCCOC. The summed E-state index contributed by atoms with van der Waals surface area (Å²) in [5.74, 6) is 0. The average Bonchev–Trinajstić information content (AvgIpc) is 2.57.